The number of rotatable bonds is 2. The van der Waals surface area contributed by atoms with E-state index in [1.807, 2.05) is 0 Å². The number of hydrogen-bond donors (Lipinski definition) is 0. The van der Waals surface area contributed by atoms with Gasteiger partial charge < -0.3 is 4.74 Å². The molecule has 0 N–H and O–H groups in total. The maximum Gasteiger partial charge on any atom is 0.573 e. The van der Waals surface area contributed by atoms with Crippen molar-refractivity contribution in [2.75, 3.05) is 0 Å². The van der Waals surface area contributed by atoms with Crippen molar-refractivity contribution in [1.29, 1.82) is 5.26 Å². The lowest BCUT2D eigenvalue weighted by Gasteiger charge is -2.11. The highest BCUT2D eigenvalue weighted by Gasteiger charge is 2.33. The van der Waals surface area contributed by atoms with Crippen molar-refractivity contribution >= 4 is 35.7 Å². The van der Waals surface area contributed by atoms with Crippen molar-refractivity contribution in [2.45, 2.75) is 11.3 Å². The van der Waals surface area contributed by atoms with E-state index in [1.165, 1.54) is 6.07 Å². The SMILES string of the molecule is N#Cc1cc(S(=O)(=O)Cl)c(Br)cc1OC(F)(F)F. The quantitative estimate of drug-likeness (QED) is 0.756. The van der Waals surface area contributed by atoms with Gasteiger partial charge in [0.25, 0.3) is 9.05 Å². The zero-order chi connectivity index (χ0) is 14.1. The smallest absolute Gasteiger partial charge is 0.404 e. The number of nitrogens with zero attached hydrogens (tertiary/aromatic N) is 1. The van der Waals surface area contributed by atoms with Gasteiger partial charge in [-0.15, -0.1) is 13.2 Å². The van der Waals surface area contributed by atoms with E-state index in [0.717, 1.165) is 0 Å². The summed E-state index contributed by atoms with van der Waals surface area (Å²) in [7, 11) is 0.859. The monoisotopic (exact) mass is 363 g/mol. The highest BCUT2D eigenvalue weighted by atomic mass is 79.9. The molecule has 0 spiro atoms. The zero-order valence-electron chi connectivity index (χ0n) is 8.12. The Labute approximate surface area is 112 Å². The summed E-state index contributed by atoms with van der Waals surface area (Å²) in [4.78, 5) is -0.518. The molecule has 0 atom stereocenters. The highest BCUT2D eigenvalue weighted by molar-refractivity contribution is 9.10. The number of halogens is 5. The molecule has 1 aromatic rings. The van der Waals surface area contributed by atoms with Crippen LogP contribution in [0.5, 0.6) is 5.75 Å². The summed E-state index contributed by atoms with van der Waals surface area (Å²) in [5.74, 6) is -0.819. The van der Waals surface area contributed by atoms with Crippen LogP contribution in [0.15, 0.2) is 21.5 Å². The zero-order valence-corrected chi connectivity index (χ0v) is 11.3. The van der Waals surface area contributed by atoms with Gasteiger partial charge >= 0.3 is 6.36 Å². The standard InChI is InChI=1S/C8H2BrClF3NO3S/c9-5-2-6(17-8(11,12)13)4(3-14)1-7(5)18(10,15)16/h1-2H. The maximum atomic E-state index is 12.0. The van der Waals surface area contributed by atoms with E-state index in [1.54, 1.807) is 0 Å². The Balaban J connectivity index is 3.43. The summed E-state index contributed by atoms with van der Waals surface area (Å²) in [6.07, 6.45) is -4.99. The highest BCUT2D eigenvalue weighted by Crippen LogP contribution is 2.34. The minimum absolute atomic E-state index is 0.240. The van der Waals surface area contributed by atoms with E-state index in [-0.39, 0.29) is 4.47 Å². The van der Waals surface area contributed by atoms with Gasteiger partial charge in [0.15, 0.2) is 0 Å². The first kappa shape index (κ1) is 15.1. The van der Waals surface area contributed by atoms with Crippen LogP contribution < -0.4 is 4.74 Å². The molecule has 0 unspecified atom stereocenters. The molecule has 0 aliphatic carbocycles. The summed E-state index contributed by atoms with van der Waals surface area (Å²) in [5.41, 5.74) is -0.602. The van der Waals surface area contributed by atoms with Gasteiger partial charge in [0.05, 0.1) is 10.5 Å². The summed E-state index contributed by atoms with van der Waals surface area (Å²) >= 11 is 2.73. The van der Waals surface area contributed by atoms with Crippen molar-refractivity contribution in [3.05, 3.63) is 22.2 Å². The third kappa shape index (κ3) is 3.76. The van der Waals surface area contributed by atoms with Crippen LogP contribution in [0.4, 0.5) is 13.2 Å². The molecule has 0 fully saturated rings. The third-order valence-electron chi connectivity index (χ3n) is 1.64. The van der Waals surface area contributed by atoms with E-state index in [9.17, 15) is 21.6 Å². The molecule has 0 aliphatic heterocycles. The maximum absolute atomic E-state index is 12.0. The predicted octanol–water partition coefficient (Wildman–Crippen LogP) is 3.15. The van der Waals surface area contributed by atoms with Crippen molar-refractivity contribution in [2.24, 2.45) is 0 Å². The fraction of sp³-hybridized carbons (Fsp3) is 0.125. The molecule has 0 aromatic heterocycles. The molecule has 1 aromatic carbocycles. The van der Waals surface area contributed by atoms with Crippen LogP contribution in [-0.2, 0) is 9.05 Å². The molecular formula is C8H2BrClF3NO3S. The number of ether oxygens (including phenoxy) is 1. The lowest BCUT2D eigenvalue weighted by atomic mass is 10.2. The molecule has 0 heterocycles. The van der Waals surface area contributed by atoms with Crippen LogP contribution in [0.1, 0.15) is 5.56 Å². The Hall–Kier alpha value is -0.980. The Kier molecular flexibility index (Phi) is 4.15. The summed E-state index contributed by atoms with van der Waals surface area (Å²) in [6, 6.07) is 2.79. The van der Waals surface area contributed by atoms with Crippen LogP contribution in [0.25, 0.3) is 0 Å². The molecular weight excluding hydrogens is 363 g/mol. The summed E-state index contributed by atoms with van der Waals surface area (Å²) in [6.45, 7) is 0. The van der Waals surface area contributed by atoms with Crippen molar-refractivity contribution in [3.8, 4) is 11.8 Å². The molecule has 1 rings (SSSR count). The van der Waals surface area contributed by atoms with E-state index >= 15 is 0 Å². The van der Waals surface area contributed by atoms with Crippen molar-refractivity contribution in [3.63, 3.8) is 0 Å². The normalized spacial score (nSPS) is 12.0. The fourth-order valence-corrected chi connectivity index (χ4v) is 3.19. The van der Waals surface area contributed by atoms with Crippen LogP contribution >= 0.6 is 26.6 Å². The number of hydrogen-bond acceptors (Lipinski definition) is 4. The Morgan fingerprint density at radius 3 is 2.33 bits per heavy atom. The lowest BCUT2D eigenvalue weighted by molar-refractivity contribution is -0.274. The first-order valence-electron chi connectivity index (χ1n) is 3.98. The molecule has 0 saturated carbocycles. The minimum Gasteiger partial charge on any atom is -0.404 e. The van der Waals surface area contributed by atoms with Crippen molar-refractivity contribution in [1.82, 2.24) is 0 Å². The molecule has 0 radical (unpaired) electrons. The largest absolute Gasteiger partial charge is 0.573 e. The molecule has 98 valence electrons. The van der Waals surface area contributed by atoms with Gasteiger partial charge in [0, 0.05) is 15.2 Å². The van der Waals surface area contributed by atoms with E-state index in [0.29, 0.717) is 12.1 Å². The molecule has 18 heavy (non-hydrogen) atoms. The molecule has 0 bridgehead atoms. The van der Waals surface area contributed by atoms with E-state index in [4.69, 9.17) is 15.9 Å². The van der Waals surface area contributed by atoms with Gasteiger partial charge in [-0.1, -0.05) is 0 Å². The average molecular weight is 365 g/mol. The van der Waals surface area contributed by atoms with E-state index < -0.39 is 31.6 Å². The van der Waals surface area contributed by atoms with Crippen LogP contribution in [-0.4, -0.2) is 14.8 Å². The lowest BCUT2D eigenvalue weighted by Crippen LogP contribution is -2.18. The Morgan fingerprint density at radius 1 is 1.39 bits per heavy atom. The molecule has 0 saturated heterocycles. The average Bonchev–Trinajstić information content (AvgIpc) is 2.13. The van der Waals surface area contributed by atoms with E-state index in [2.05, 4.69) is 20.7 Å². The molecule has 4 nitrogen and oxygen atoms in total. The predicted molar refractivity (Wildman–Crippen MR) is 58.6 cm³/mol. The van der Waals surface area contributed by atoms with Gasteiger partial charge in [0.1, 0.15) is 11.8 Å². The number of nitriles is 1. The Bertz CT molecular complexity index is 624. The van der Waals surface area contributed by atoms with Gasteiger partial charge in [-0.25, -0.2) is 8.42 Å². The van der Waals surface area contributed by atoms with Gasteiger partial charge in [-0.3, -0.25) is 0 Å². The summed E-state index contributed by atoms with van der Waals surface area (Å²) in [5, 5.41) is 8.65. The fourth-order valence-electron chi connectivity index (χ4n) is 1.02. The third-order valence-corrected chi connectivity index (χ3v) is 3.92. The first-order chi connectivity index (χ1) is 8.04. The number of alkyl halides is 3. The Morgan fingerprint density at radius 2 is 1.94 bits per heavy atom. The number of benzene rings is 1. The molecule has 10 heteroatoms. The van der Waals surface area contributed by atoms with Crippen LogP contribution in [0.2, 0.25) is 0 Å². The van der Waals surface area contributed by atoms with Crippen LogP contribution in [0.3, 0.4) is 0 Å². The van der Waals surface area contributed by atoms with Gasteiger partial charge in [-0.2, -0.15) is 5.26 Å². The van der Waals surface area contributed by atoms with Gasteiger partial charge in [-0.05, 0) is 28.1 Å². The minimum atomic E-state index is -4.99. The van der Waals surface area contributed by atoms with Crippen LogP contribution in [0, 0.1) is 11.3 Å². The first-order valence-corrected chi connectivity index (χ1v) is 7.09. The second kappa shape index (κ2) is 4.95. The second-order valence-corrected chi connectivity index (χ2v) is 6.26. The van der Waals surface area contributed by atoms with Crippen molar-refractivity contribution < 1.29 is 26.3 Å². The summed E-state index contributed by atoms with van der Waals surface area (Å²) < 4.78 is 61.6. The molecule has 0 amide bonds. The molecule has 0 aliphatic rings. The topological polar surface area (TPSA) is 67.2 Å². The van der Waals surface area contributed by atoms with Gasteiger partial charge in [0.2, 0.25) is 0 Å². The second-order valence-electron chi connectivity index (χ2n) is 2.88.